The lowest BCUT2D eigenvalue weighted by Crippen LogP contribution is -2.38. The second-order valence-corrected chi connectivity index (χ2v) is 11.3. The van der Waals surface area contributed by atoms with E-state index in [0.29, 0.717) is 12.8 Å². The number of esters is 1. The van der Waals surface area contributed by atoms with Gasteiger partial charge >= 0.3 is 5.97 Å². The largest absolute Gasteiger partial charge is 0.511 e. The fraction of sp³-hybridized carbons (Fsp3) is 0.300. The molecular formula is C30H32O4S. The molecule has 0 aliphatic carbocycles. The van der Waals surface area contributed by atoms with Gasteiger partial charge < -0.3 is 14.9 Å². The highest BCUT2D eigenvalue weighted by atomic mass is 32.2. The van der Waals surface area contributed by atoms with E-state index in [0.717, 1.165) is 27.1 Å². The van der Waals surface area contributed by atoms with E-state index >= 15 is 0 Å². The van der Waals surface area contributed by atoms with Crippen LogP contribution in [0.1, 0.15) is 55.9 Å². The zero-order valence-electron chi connectivity index (χ0n) is 20.7. The van der Waals surface area contributed by atoms with Crippen molar-refractivity contribution in [3.05, 3.63) is 106 Å². The molecule has 1 aliphatic rings. The van der Waals surface area contributed by atoms with Gasteiger partial charge in [0.05, 0.1) is 6.42 Å². The first kappa shape index (κ1) is 24.9. The van der Waals surface area contributed by atoms with Crippen molar-refractivity contribution in [2.45, 2.75) is 62.9 Å². The summed E-state index contributed by atoms with van der Waals surface area (Å²) in [5, 5.41) is 20.8. The molecule has 0 saturated carbocycles. The molecule has 3 aromatic rings. The van der Waals surface area contributed by atoms with Crippen molar-refractivity contribution in [2.75, 3.05) is 0 Å². The zero-order chi connectivity index (χ0) is 25.2. The van der Waals surface area contributed by atoms with Crippen LogP contribution >= 0.6 is 11.8 Å². The molecule has 1 atom stereocenters. The Morgan fingerprint density at radius 2 is 1.66 bits per heavy atom. The van der Waals surface area contributed by atoms with Gasteiger partial charge in [0.2, 0.25) is 0 Å². The van der Waals surface area contributed by atoms with E-state index in [9.17, 15) is 15.0 Å². The van der Waals surface area contributed by atoms with Gasteiger partial charge in [-0.25, -0.2) is 4.79 Å². The third-order valence-electron chi connectivity index (χ3n) is 6.40. The van der Waals surface area contributed by atoms with Crippen molar-refractivity contribution in [1.29, 1.82) is 0 Å². The topological polar surface area (TPSA) is 66.8 Å². The number of phenolic OH excluding ortho intramolecular Hbond substituents is 1. The number of rotatable bonds is 6. The number of hydrogen-bond acceptors (Lipinski definition) is 5. The van der Waals surface area contributed by atoms with Crippen LogP contribution in [0, 0.1) is 6.92 Å². The molecule has 5 heteroatoms. The molecule has 0 radical (unpaired) electrons. The highest BCUT2D eigenvalue weighted by Crippen LogP contribution is 2.46. The number of aromatic hydroxyl groups is 1. The minimum atomic E-state index is -0.968. The van der Waals surface area contributed by atoms with Gasteiger partial charge in [-0.1, -0.05) is 87.1 Å². The average Bonchev–Trinajstić information content (AvgIpc) is 2.81. The summed E-state index contributed by atoms with van der Waals surface area (Å²) in [6, 6.07) is 22.9. The van der Waals surface area contributed by atoms with Gasteiger partial charge in [-0.05, 0) is 65.6 Å². The number of aliphatic hydroxyl groups excluding tert-OH is 1. The molecule has 0 spiro atoms. The first-order valence-electron chi connectivity index (χ1n) is 11.9. The number of benzene rings is 3. The monoisotopic (exact) mass is 488 g/mol. The number of carbonyl (C=O) groups excluding carboxylic acids is 1. The van der Waals surface area contributed by atoms with Crippen molar-refractivity contribution >= 4 is 17.7 Å². The number of thioether (sulfide) groups is 1. The molecule has 4 rings (SSSR count). The maximum absolute atomic E-state index is 13.4. The van der Waals surface area contributed by atoms with Gasteiger partial charge in [0.15, 0.2) is 0 Å². The smallest absolute Gasteiger partial charge is 0.349 e. The Labute approximate surface area is 211 Å². The Balaban J connectivity index is 1.68. The van der Waals surface area contributed by atoms with Crippen molar-refractivity contribution in [3.63, 3.8) is 0 Å². The van der Waals surface area contributed by atoms with Crippen LogP contribution in [0.5, 0.6) is 5.75 Å². The highest BCUT2D eigenvalue weighted by molar-refractivity contribution is 8.04. The third-order valence-corrected chi connectivity index (χ3v) is 7.56. The lowest BCUT2D eigenvalue weighted by atomic mass is 9.82. The van der Waals surface area contributed by atoms with Crippen LogP contribution in [0.15, 0.2) is 88.4 Å². The average molecular weight is 489 g/mol. The molecule has 1 heterocycles. The van der Waals surface area contributed by atoms with Crippen LogP contribution in [-0.2, 0) is 27.0 Å². The number of carbonyl (C=O) groups is 1. The van der Waals surface area contributed by atoms with E-state index < -0.39 is 11.6 Å². The summed E-state index contributed by atoms with van der Waals surface area (Å²) in [7, 11) is 0. The maximum atomic E-state index is 13.4. The lowest BCUT2D eigenvalue weighted by molar-refractivity contribution is -0.160. The fourth-order valence-corrected chi connectivity index (χ4v) is 5.73. The number of cyclic esters (lactones) is 1. The summed E-state index contributed by atoms with van der Waals surface area (Å²) in [5.41, 5.74) is 3.01. The van der Waals surface area contributed by atoms with Crippen molar-refractivity contribution in [3.8, 4) is 5.75 Å². The van der Waals surface area contributed by atoms with Gasteiger partial charge in [-0.3, -0.25) is 0 Å². The van der Waals surface area contributed by atoms with E-state index in [1.54, 1.807) is 12.1 Å². The van der Waals surface area contributed by atoms with Crippen molar-refractivity contribution in [1.82, 2.24) is 0 Å². The summed E-state index contributed by atoms with van der Waals surface area (Å²) in [6.07, 6.45) is 1.34. The van der Waals surface area contributed by atoms with Crippen LogP contribution in [0.2, 0.25) is 0 Å². The second kappa shape index (κ2) is 9.82. The summed E-state index contributed by atoms with van der Waals surface area (Å²) >= 11 is 1.29. The minimum Gasteiger partial charge on any atom is -0.511 e. The SMILES string of the molecule is Cc1ccc(C(C)(C)C)c(SC2=C(O)CC(CCc3ccc(O)cc3)(c3ccccc3)OC2=O)c1. The van der Waals surface area contributed by atoms with Gasteiger partial charge in [0.25, 0.3) is 0 Å². The van der Waals surface area contributed by atoms with Crippen LogP contribution in [-0.4, -0.2) is 16.2 Å². The molecule has 0 bridgehead atoms. The second-order valence-electron chi connectivity index (χ2n) is 10.2. The Morgan fingerprint density at radius 3 is 2.29 bits per heavy atom. The first-order chi connectivity index (χ1) is 16.6. The van der Waals surface area contributed by atoms with Crippen LogP contribution in [0.4, 0.5) is 0 Å². The number of hydrogen-bond donors (Lipinski definition) is 2. The number of aliphatic hydroxyl groups is 1. The normalized spacial score (nSPS) is 18.5. The molecule has 3 aromatic carbocycles. The predicted molar refractivity (Wildman–Crippen MR) is 141 cm³/mol. The van der Waals surface area contributed by atoms with Gasteiger partial charge in [-0.15, -0.1) is 0 Å². The van der Waals surface area contributed by atoms with Crippen molar-refractivity contribution < 1.29 is 19.7 Å². The van der Waals surface area contributed by atoms with Crippen molar-refractivity contribution in [2.24, 2.45) is 0 Å². The molecule has 182 valence electrons. The maximum Gasteiger partial charge on any atom is 0.349 e. The van der Waals surface area contributed by atoms with E-state index in [-0.39, 0.29) is 28.2 Å². The standard InChI is InChI=1S/C30H32O4S/c1-20-10-15-24(29(2,3)4)26(18-20)35-27-25(32)19-30(34-28(27)33,22-8-6-5-7-9-22)17-16-21-11-13-23(31)14-12-21/h5-15,18,31-32H,16-17,19H2,1-4H3. The predicted octanol–water partition coefficient (Wildman–Crippen LogP) is 7.34. The van der Waals surface area contributed by atoms with Gasteiger partial charge in [-0.2, -0.15) is 0 Å². The Kier molecular flexibility index (Phi) is 7.00. The van der Waals surface area contributed by atoms with Gasteiger partial charge in [0.1, 0.15) is 22.0 Å². The molecule has 2 N–H and O–H groups in total. The molecule has 1 aliphatic heterocycles. The van der Waals surface area contributed by atoms with E-state index in [2.05, 4.69) is 39.0 Å². The van der Waals surface area contributed by atoms with E-state index in [1.165, 1.54) is 11.8 Å². The molecule has 0 saturated heterocycles. The van der Waals surface area contributed by atoms with E-state index in [1.807, 2.05) is 49.4 Å². The summed E-state index contributed by atoms with van der Waals surface area (Å²) in [6.45, 7) is 8.43. The minimum absolute atomic E-state index is 0.0576. The van der Waals surface area contributed by atoms with Crippen LogP contribution < -0.4 is 0 Å². The molecule has 0 aromatic heterocycles. The fourth-order valence-electron chi connectivity index (χ4n) is 4.47. The molecule has 1 unspecified atom stereocenters. The summed E-state index contributed by atoms with van der Waals surface area (Å²) in [4.78, 5) is 14.6. The first-order valence-corrected chi connectivity index (χ1v) is 12.7. The molecule has 0 amide bonds. The molecular weight excluding hydrogens is 456 g/mol. The Morgan fingerprint density at radius 1 is 0.971 bits per heavy atom. The Bertz CT molecular complexity index is 1240. The number of phenols is 1. The third kappa shape index (κ3) is 5.57. The number of aryl methyl sites for hydroxylation is 2. The van der Waals surface area contributed by atoms with Crippen LogP contribution in [0.25, 0.3) is 0 Å². The Hall–Kier alpha value is -3.18. The number of ether oxygens (including phenoxy) is 1. The zero-order valence-corrected chi connectivity index (χ0v) is 21.5. The van der Waals surface area contributed by atoms with Gasteiger partial charge in [0, 0.05) is 4.90 Å². The molecule has 35 heavy (non-hydrogen) atoms. The summed E-state index contributed by atoms with van der Waals surface area (Å²) < 4.78 is 6.19. The quantitative estimate of drug-likeness (QED) is 0.356. The molecule has 4 nitrogen and oxygen atoms in total. The molecule has 0 fully saturated rings. The van der Waals surface area contributed by atoms with Crippen LogP contribution in [0.3, 0.4) is 0 Å². The summed E-state index contributed by atoms with van der Waals surface area (Å²) in [5.74, 6) is -0.236. The van der Waals surface area contributed by atoms with E-state index in [4.69, 9.17) is 4.74 Å². The highest BCUT2D eigenvalue weighted by Gasteiger charge is 2.43. The lowest BCUT2D eigenvalue weighted by Gasteiger charge is -2.38.